The van der Waals surface area contributed by atoms with E-state index in [-0.39, 0.29) is 17.8 Å². The number of amides is 2. The van der Waals surface area contributed by atoms with Gasteiger partial charge in [0.2, 0.25) is 0 Å². The third-order valence-electron chi connectivity index (χ3n) is 4.89. The van der Waals surface area contributed by atoms with Crippen LogP contribution >= 0.6 is 0 Å². The lowest BCUT2D eigenvalue weighted by Gasteiger charge is -2.14. The van der Waals surface area contributed by atoms with E-state index in [0.717, 1.165) is 17.7 Å². The second-order valence-corrected chi connectivity index (χ2v) is 6.94. The van der Waals surface area contributed by atoms with Crippen LogP contribution in [0.3, 0.4) is 0 Å². The highest BCUT2D eigenvalue weighted by Gasteiger charge is 2.36. The number of fused-ring (bicyclic) bond motifs is 1. The van der Waals surface area contributed by atoms with Gasteiger partial charge in [-0.25, -0.2) is 9.69 Å². The molecule has 3 rings (SSSR count). The number of hydrogen-bond acceptors (Lipinski definition) is 4. The summed E-state index contributed by atoms with van der Waals surface area (Å²) in [5.41, 5.74) is 1.65. The molecular weight excluding hydrogens is 354 g/mol. The minimum atomic E-state index is -0.387. The number of imide groups is 1. The van der Waals surface area contributed by atoms with Gasteiger partial charge in [-0.1, -0.05) is 51.2 Å². The summed E-state index contributed by atoms with van der Waals surface area (Å²) < 4.78 is 5.31. The van der Waals surface area contributed by atoms with Gasteiger partial charge in [0.25, 0.3) is 11.8 Å². The molecule has 1 aliphatic heterocycles. The van der Waals surface area contributed by atoms with Gasteiger partial charge in [0, 0.05) is 0 Å². The Kier molecular flexibility index (Phi) is 6.58. The molecule has 0 radical (unpaired) electrons. The van der Waals surface area contributed by atoms with Gasteiger partial charge in [0.1, 0.15) is 0 Å². The minimum absolute atomic E-state index is 0.348. The van der Waals surface area contributed by atoms with Crippen LogP contribution in [-0.2, 0) is 4.74 Å². The number of hydrogen-bond donors (Lipinski definition) is 0. The molecule has 0 saturated heterocycles. The Hall–Kier alpha value is -2.95. The lowest BCUT2D eigenvalue weighted by molar-refractivity contribution is 0.0497. The van der Waals surface area contributed by atoms with Crippen LogP contribution in [0, 0.1) is 0 Å². The summed E-state index contributed by atoms with van der Waals surface area (Å²) in [7, 11) is 0. The van der Waals surface area contributed by atoms with Crippen molar-refractivity contribution in [2.45, 2.75) is 45.4 Å². The molecule has 0 spiro atoms. The molecule has 5 heteroatoms. The van der Waals surface area contributed by atoms with E-state index in [9.17, 15) is 14.4 Å². The number of unbranched alkanes of at least 4 members (excludes halogenated alkanes) is 5. The van der Waals surface area contributed by atoms with Gasteiger partial charge in [-0.05, 0) is 42.8 Å². The average Bonchev–Trinajstić information content (AvgIpc) is 2.98. The van der Waals surface area contributed by atoms with Gasteiger partial charge >= 0.3 is 5.97 Å². The van der Waals surface area contributed by atoms with Gasteiger partial charge in [-0.2, -0.15) is 0 Å². The lowest BCUT2D eigenvalue weighted by Crippen LogP contribution is -2.29. The highest BCUT2D eigenvalue weighted by molar-refractivity contribution is 6.34. The minimum Gasteiger partial charge on any atom is -0.462 e. The molecule has 0 aromatic heterocycles. The number of benzene rings is 2. The fourth-order valence-corrected chi connectivity index (χ4v) is 3.30. The van der Waals surface area contributed by atoms with Crippen LogP contribution < -0.4 is 4.90 Å². The fourth-order valence-electron chi connectivity index (χ4n) is 3.30. The summed E-state index contributed by atoms with van der Waals surface area (Å²) in [4.78, 5) is 38.3. The highest BCUT2D eigenvalue weighted by Crippen LogP contribution is 2.28. The Morgan fingerprint density at radius 3 is 2.00 bits per heavy atom. The number of anilines is 1. The van der Waals surface area contributed by atoms with E-state index in [1.807, 2.05) is 0 Å². The number of esters is 1. The number of carbonyl (C=O) groups excluding carboxylic acids is 3. The molecule has 0 saturated carbocycles. The molecule has 2 amide bonds. The van der Waals surface area contributed by atoms with Crippen molar-refractivity contribution in [3.63, 3.8) is 0 Å². The van der Waals surface area contributed by atoms with Crippen LogP contribution in [0.4, 0.5) is 5.69 Å². The molecule has 0 bridgehead atoms. The largest absolute Gasteiger partial charge is 0.462 e. The molecule has 1 heterocycles. The Bertz CT molecular complexity index is 822. The molecule has 0 unspecified atom stereocenters. The Labute approximate surface area is 165 Å². The second-order valence-electron chi connectivity index (χ2n) is 6.94. The molecule has 0 atom stereocenters. The SMILES string of the molecule is CCCCCCCCOC(=O)c1ccc(N2C(=O)c3ccccc3C2=O)cc1. The Balaban J connectivity index is 1.55. The second kappa shape index (κ2) is 9.31. The lowest BCUT2D eigenvalue weighted by atomic mass is 10.1. The van der Waals surface area contributed by atoms with Crippen molar-refractivity contribution in [3.8, 4) is 0 Å². The first-order valence-electron chi connectivity index (χ1n) is 9.88. The number of carbonyl (C=O) groups is 3. The summed E-state index contributed by atoms with van der Waals surface area (Å²) in [5, 5.41) is 0. The number of rotatable bonds is 9. The standard InChI is InChI=1S/C23H25NO4/c1-2-3-4-5-6-9-16-28-23(27)17-12-14-18(15-13-17)24-21(25)19-10-7-8-11-20(19)22(24)26/h7-8,10-15H,2-6,9,16H2,1H3. The van der Waals surface area contributed by atoms with E-state index < -0.39 is 0 Å². The van der Waals surface area contributed by atoms with Crippen LogP contribution in [0.2, 0.25) is 0 Å². The fraction of sp³-hybridized carbons (Fsp3) is 0.348. The molecule has 0 aliphatic carbocycles. The molecule has 0 N–H and O–H groups in total. The first kappa shape index (κ1) is 19.8. The van der Waals surface area contributed by atoms with Gasteiger partial charge < -0.3 is 4.74 Å². The maximum Gasteiger partial charge on any atom is 0.338 e. The van der Waals surface area contributed by atoms with E-state index >= 15 is 0 Å². The number of nitrogens with zero attached hydrogens (tertiary/aromatic N) is 1. The summed E-state index contributed by atoms with van der Waals surface area (Å²) in [6.07, 6.45) is 6.78. The third kappa shape index (κ3) is 4.30. The van der Waals surface area contributed by atoms with Crippen molar-refractivity contribution in [2.75, 3.05) is 11.5 Å². The molecular formula is C23H25NO4. The topological polar surface area (TPSA) is 63.7 Å². The quantitative estimate of drug-likeness (QED) is 0.349. The van der Waals surface area contributed by atoms with E-state index in [0.29, 0.717) is 29.0 Å². The highest BCUT2D eigenvalue weighted by atomic mass is 16.5. The van der Waals surface area contributed by atoms with Crippen molar-refractivity contribution >= 4 is 23.5 Å². The van der Waals surface area contributed by atoms with E-state index in [2.05, 4.69) is 6.92 Å². The molecule has 2 aromatic rings. The summed E-state index contributed by atoms with van der Waals surface area (Å²) in [5.74, 6) is -1.08. The first-order valence-corrected chi connectivity index (χ1v) is 9.88. The molecule has 2 aromatic carbocycles. The molecule has 0 fully saturated rings. The average molecular weight is 379 g/mol. The van der Waals surface area contributed by atoms with Gasteiger partial charge in [-0.3, -0.25) is 9.59 Å². The normalized spacial score (nSPS) is 13.0. The Morgan fingerprint density at radius 2 is 1.39 bits per heavy atom. The van der Waals surface area contributed by atoms with Gasteiger partial charge in [0.05, 0.1) is 29.0 Å². The zero-order valence-electron chi connectivity index (χ0n) is 16.1. The zero-order valence-corrected chi connectivity index (χ0v) is 16.1. The third-order valence-corrected chi connectivity index (χ3v) is 4.89. The van der Waals surface area contributed by atoms with Crippen molar-refractivity contribution in [1.82, 2.24) is 0 Å². The van der Waals surface area contributed by atoms with Crippen molar-refractivity contribution in [1.29, 1.82) is 0 Å². The van der Waals surface area contributed by atoms with Crippen LogP contribution in [0.1, 0.15) is 76.5 Å². The van der Waals surface area contributed by atoms with E-state index in [1.165, 1.54) is 25.7 Å². The van der Waals surface area contributed by atoms with Gasteiger partial charge in [0.15, 0.2) is 0 Å². The smallest absolute Gasteiger partial charge is 0.338 e. The number of ether oxygens (including phenoxy) is 1. The molecule has 28 heavy (non-hydrogen) atoms. The van der Waals surface area contributed by atoms with Crippen LogP contribution in [0.15, 0.2) is 48.5 Å². The summed E-state index contributed by atoms with van der Waals surface area (Å²) in [6.45, 7) is 2.59. The van der Waals surface area contributed by atoms with Crippen molar-refractivity contribution in [3.05, 3.63) is 65.2 Å². The maximum atomic E-state index is 12.5. The van der Waals surface area contributed by atoms with Crippen LogP contribution in [0.5, 0.6) is 0 Å². The summed E-state index contributed by atoms with van der Waals surface area (Å²) in [6, 6.07) is 13.1. The zero-order chi connectivity index (χ0) is 19.9. The monoisotopic (exact) mass is 379 g/mol. The Morgan fingerprint density at radius 1 is 0.821 bits per heavy atom. The van der Waals surface area contributed by atoms with Crippen molar-refractivity contribution in [2.24, 2.45) is 0 Å². The molecule has 5 nitrogen and oxygen atoms in total. The molecule has 1 aliphatic rings. The molecule has 146 valence electrons. The van der Waals surface area contributed by atoms with E-state index in [4.69, 9.17) is 4.74 Å². The maximum absolute atomic E-state index is 12.5. The van der Waals surface area contributed by atoms with Crippen LogP contribution in [0.25, 0.3) is 0 Å². The summed E-state index contributed by atoms with van der Waals surface area (Å²) >= 11 is 0. The van der Waals surface area contributed by atoms with Crippen molar-refractivity contribution < 1.29 is 19.1 Å². The predicted molar refractivity (Wildman–Crippen MR) is 108 cm³/mol. The first-order chi connectivity index (χ1) is 13.6. The predicted octanol–water partition coefficient (Wildman–Crippen LogP) is 5.00. The van der Waals surface area contributed by atoms with Gasteiger partial charge in [-0.15, -0.1) is 0 Å². The van der Waals surface area contributed by atoms with Crippen LogP contribution in [-0.4, -0.2) is 24.4 Å². The van der Waals surface area contributed by atoms with E-state index in [1.54, 1.807) is 48.5 Å².